The van der Waals surface area contributed by atoms with Crippen LogP contribution in [-0.4, -0.2) is 10.1 Å². The van der Waals surface area contributed by atoms with Gasteiger partial charge in [-0.15, -0.1) is 0 Å². The molecule has 1 aromatic heterocycles. The lowest BCUT2D eigenvalue weighted by Crippen LogP contribution is -1.99. The molecule has 0 amide bonds. The van der Waals surface area contributed by atoms with Crippen molar-refractivity contribution in [1.82, 2.24) is 4.98 Å². The minimum absolute atomic E-state index is 0.179. The molecule has 0 aliphatic heterocycles. The first-order valence-electron chi connectivity index (χ1n) is 5.04. The molecule has 3 nitrogen and oxygen atoms in total. The third-order valence-electron chi connectivity index (χ3n) is 2.46. The number of aromatic nitrogens is 1. The normalized spacial score (nSPS) is 10.7. The first-order chi connectivity index (χ1) is 8.54. The molecule has 2 rings (SSSR count). The van der Waals surface area contributed by atoms with Gasteiger partial charge in [0.1, 0.15) is 5.82 Å². The second-order valence-corrected chi connectivity index (χ2v) is 4.80. The number of hydrogen-bond acceptors (Lipinski definition) is 3. The first kappa shape index (κ1) is 13.4. The minimum atomic E-state index is -0.179. The summed E-state index contributed by atoms with van der Waals surface area (Å²) < 4.78 is 0. The highest BCUT2D eigenvalue weighted by Gasteiger charge is 2.15. The molecule has 94 valence electrons. The van der Waals surface area contributed by atoms with E-state index in [4.69, 9.17) is 45.6 Å². The third-order valence-corrected chi connectivity index (χ3v) is 3.58. The second kappa shape index (κ2) is 5.33. The van der Waals surface area contributed by atoms with E-state index in [2.05, 4.69) is 4.98 Å². The van der Waals surface area contributed by atoms with Crippen LogP contribution in [0.1, 0.15) is 5.69 Å². The fourth-order valence-electron chi connectivity index (χ4n) is 1.59. The number of halogens is 3. The van der Waals surface area contributed by atoms with Crippen LogP contribution in [-0.2, 0) is 6.61 Å². The summed E-state index contributed by atoms with van der Waals surface area (Å²) in [4.78, 5) is 4.05. The Morgan fingerprint density at radius 2 is 1.72 bits per heavy atom. The number of nitrogens with two attached hydrogens (primary N) is 1. The summed E-state index contributed by atoms with van der Waals surface area (Å²) in [5, 5.41) is 10.1. The third kappa shape index (κ3) is 2.40. The smallest absolute Gasteiger partial charge is 0.131 e. The van der Waals surface area contributed by atoms with E-state index in [0.717, 1.165) is 0 Å². The van der Waals surface area contributed by atoms with Gasteiger partial charge in [-0.3, -0.25) is 0 Å². The maximum Gasteiger partial charge on any atom is 0.131 e. The maximum absolute atomic E-state index is 8.99. The molecule has 0 bridgehead atoms. The highest BCUT2D eigenvalue weighted by atomic mass is 35.5. The molecule has 0 fully saturated rings. The first-order valence-corrected chi connectivity index (χ1v) is 6.18. The standard InChI is InChI=1S/C12H9Cl3N2O/c13-8-3-4-9(14)11(15)10(8)7-2-1-6(5-18)17-12(7)16/h1-4,18H,5H2,(H2,16,17). The minimum Gasteiger partial charge on any atom is -0.390 e. The van der Waals surface area contributed by atoms with Gasteiger partial charge in [-0.1, -0.05) is 34.8 Å². The van der Waals surface area contributed by atoms with Gasteiger partial charge in [0.15, 0.2) is 0 Å². The largest absolute Gasteiger partial charge is 0.390 e. The van der Waals surface area contributed by atoms with Gasteiger partial charge in [0.25, 0.3) is 0 Å². The SMILES string of the molecule is Nc1nc(CO)ccc1-c1c(Cl)ccc(Cl)c1Cl. The lowest BCUT2D eigenvalue weighted by molar-refractivity contribution is 0.277. The molecule has 1 heterocycles. The Hall–Kier alpha value is -1.000. The van der Waals surface area contributed by atoms with E-state index in [9.17, 15) is 0 Å². The zero-order chi connectivity index (χ0) is 13.3. The quantitative estimate of drug-likeness (QED) is 0.830. The van der Waals surface area contributed by atoms with Gasteiger partial charge in [0, 0.05) is 11.1 Å². The van der Waals surface area contributed by atoms with Crippen LogP contribution in [0.2, 0.25) is 15.1 Å². The summed E-state index contributed by atoms with van der Waals surface area (Å²) in [5.41, 5.74) is 7.44. The van der Waals surface area contributed by atoms with Gasteiger partial charge < -0.3 is 10.8 Å². The Morgan fingerprint density at radius 3 is 2.33 bits per heavy atom. The van der Waals surface area contributed by atoms with Gasteiger partial charge in [-0.2, -0.15) is 0 Å². The number of nitrogen functional groups attached to an aromatic ring is 1. The van der Waals surface area contributed by atoms with Crippen molar-refractivity contribution < 1.29 is 5.11 Å². The van der Waals surface area contributed by atoms with E-state index in [1.807, 2.05) is 0 Å². The van der Waals surface area contributed by atoms with E-state index < -0.39 is 0 Å². The van der Waals surface area contributed by atoms with Gasteiger partial charge in [0.05, 0.1) is 27.4 Å². The number of benzene rings is 1. The van der Waals surface area contributed by atoms with Crippen LogP contribution >= 0.6 is 34.8 Å². The fourth-order valence-corrected chi connectivity index (χ4v) is 2.32. The summed E-state index contributed by atoms with van der Waals surface area (Å²) in [7, 11) is 0. The van der Waals surface area contributed by atoms with Crippen molar-refractivity contribution in [3.8, 4) is 11.1 Å². The van der Waals surface area contributed by atoms with Crippen molar-refractivity contribution in [2.45, 2.75) is 6.61 Å². The number of aliphatic hydroxyl groups is 1. The molecule has 3 N–H and O–H groups in total. The van der Waals surface area contributed by atoms with Crippen LogP contribution < -0.4 is 5.73 Å². The number of nitrogens with zero attached hydrogens (tertiary/aromatic N) is 1. The Kier molecular flexibility index (Phi) is 3.97. The van der Waals surface area contributed by atoms with E-state index in [-0.39, 0.29) is 12.4 Å². The lowest BCUT2D eigenvalue weighted by atomic mass is 10.1. The van der Waals surface area contributed by atoms with Gasteiger partial charge in [0.2, 0.25) is 0 Å². The molecule has 18 heavy (non-hydrogen) atoms. The Labute approximate surface area is 119 Å². The van der Waals surface area contributed by atoms with Crippen LogP contribution in [0.15, 0.2) is 24.3 Å². The molecule has 0 radical (unpaired) electrons. The molecule has 1 aromatic carbocycles. The highest BCUT2D eigenvalue weighted by Crippen LogP contribution is 2.40. The van der Waals surface area contributed by atoms with Crippen LogP contribution in [0.25, 0.3) is 11.1 Å². The predicted molar refractivity (Wildman–Crippen MR) is 75.0 cm³/mol. The number of pyridine rings is 1. The van der Waals surface area contributed by atoms with Crippen molar-refractivity contribution in [2.75, 3.05) is 5.73 Å². The molecule has 0 aliphatic carbocycles. The van der Waals surface area contributed by atoms with Crippen LogP contribution in [0.4, 0.5) is 5.82 Å². The average molecular weight is 304 g/mol. The van der Waals surface area contributed by atoms with Crippen molar-refractivity contribution >= 4 is 40.6 Å². The summed E-state index contributed by atoms with van der Waals surface area (Å²) in [6.07, 6.45) is 0. The zero-order valence-corrected chi connectivity index (χ0v) is 11.4. The summed E-state index contributed by atoms with van der Waals surface area (Å²) in [6.45, 7) is -0.179. The number of hydrogen-bond donors (Lipinski definition) is 2. The van der Waals surface area contributed by atoms with Gasteiger partial charge in [-0.05, 0) is 24.3 Å². The molecule has 0 unspecified atom stereocenters. The molecular formula is C12H9Cl3N2O. The number of anilines is 1. The molecule has 0 aliphatic rings. The van der Waals surface area contributed by atoms with E-state index in [1.54, 1.807) is 24.3 Å². The van der Waals surface area contributed by atoms with Gasteiger partial charge >= 0.3 is 0 Å². The zero-order valence-electron chi connectivity index (χ0n) is 9.12. The lowest BCUT2D eigenvalue weighted by Gasteiger charge is -2.11. The molecule has 2 aromatic rings. The molecule has 0 saturated heterocycles. The van der Waals surface area contributed by atoms with E-state index in [1.165, 1.54) is 0 Å². The highest BCUT2D eigenvalue weighted by molar-refractivity contribution is 6.46. The van der Waals surface area contributed by atoms with Crippen LogP contribution in [0.3, 0.4) is 0 Å². The predicted octanol–water partition coefficient (Wildman–Crippen LogP) is 3.78. The molecular weight excluding hydrogens is 295 g/mol. The van der Waals surface area contributed by atoms with E-state index >= 15 is 0 Å². The Morgan fingerprint density at radius 1 is 1.06 bits per heavy atom. The van der Waals surface area contributed by atoms with Gasteiger partial charge in [-0.25, -0.2) is 4.98 Å². The number of rotatable bonds is 2. The van der Waals surface area contributed by atoms with E-state index in [0.29, 0.717) is 31.9 Å². The summed E-state index contributed by atoms with van der Waals surface area (Å²) >= 11 is 18.2. The Bertz CT molecular complexity index is 602. The molecule has 0 spiro atoms. The second-order valence-electron chi connectivity index (χ2n) is 3.61. The van der Waals surface area contributed by atoms with Crippen LogP contribution in [0, 0.1) is 0 Å². The van der Waals surface area contributed by atoms with Crippen molar-refractivity contribution in [3.63, 3.8) is 0 Å². The average Bonchev–Trinajstić information content (AvgIpc) is 2.36. The topological polar surface area (TPSA) is 59.1 Å². The number of aliphatic hydroxyl groups excluding tert-OH is 1. The maximum atomic E-state index is 8.99. The molecule has 6 heteroatoms. The molecule has 0 atom stereocenters. The monoisotopic (exact) mass is 302 g/mol. The Balaban J connectivity index is 2.66. The van der Waals surface area contributed by atoms with Crippen molar-refractivity contribution in [3.05, 3.63) is 45.0 Å². The summed E-state index contributed by atoms with van der Waals surface area (Å²) in [5.74, 6) is 0.243. The fraction of sp³-hybridized carbons (Fsp3) is 0.0833. The summed E-state index contributed by atoms with van der Waals surface area (Å²) in [6, 6.07) is 6.61. The van der Waals surface area contributed by atoms with Crippen molar-refractivity contribution in [1.29, 1.82) is 0 Å². The van der Waals surface area contributed by atoms with Crippen molar-refractivity contribution in [2.24, 2.45) is 0 Å². The molecule has 0 saturated carbocycles. The van der Waals surface area contributed by atoms with Crippen LogP contribution in [0.5, 0.6) is 0 Å².